The third-order valence-electron chi connectivity index (χ3n) is 4.11. The fraction of sp³-hybridized carbons (Fsp3) is 0.714. The van der Waals surface area contributed by atoms with Gasteiger partial charge in [0.15, 0.2) is 5.13 Å². The Morgan fingerprint density at radius 3 is 2.95 bits per heavy atom. The summed E-state index contributed by atoms with van der Waals surface area (Å²) >= 11 is 1.40. The normalized spacial score (nSPS) is 22.9. The van der Waals surface area contributed by atoms with Gasteiger partial charge < -0.3 is 16.0 Å². The molecule has 5 nitrogen and oxygen atoms in total. The molecule has 1 saturated carbocycles. The molecule has 0 bridgehead atoms. The zero-order chi connectivity index (χ0) is 14.1. The first kappa shape index (κ1) is 13.7. The number of hydrogen-bond acceptors (Lipinski definition) is 5. The van der Waals surface area contributed by atoms with E-state index in [1.54, 1.807) is 0 Å². The molecule has 0 spiro atoms. The topological polar surface area (TPSA) is 71.2 Å². The van der Waals surface area contributed by atoms with Gasteiger partial charge in [0.1, 0.15) is 10.7 Å². The zero-order valence-electron chi connectivity index (χ0n) is 11.9. The van der Waals surface area contributed by atoms with E-state index in [0.717, 1.165) is 30.9 Å². The van der Waals surface area contributed by atoms with Crippen molar-refractivity contribution in [3.05, 3.63) is 4.88 Å². The fourth-order valence-corrected chi connectivity index (χ4v) is 3.69. The second-order valence-electron chi connectivity index (χ2n) is 5.71. The molecule has 0 radical (unpaired) electrons. The van der Waals surface area contributed by atoms with Crippen molar-refractivity contribution in [2.24, 2.45) is 0 Å². The molecule has 3 N–H and O–H groups in total. The lowest BCUT2D eigenvalue weighted by Gasteiger charge is -2.34. The van der Waals surface area contributed by atoms with Crippen LogP contribution in [0.2, 0.25) is 0 Å². The number of likely N-dealkylation sites (tertiary alicyclic amines) is 1. The van der Waals surface area contributed by atoms with Crippen LogP contribution in [0.15, 0.2) is 0 Å². The molecule has 0 aromatic carbocycles. The van der Waals surface area contributed by atoms with Crippen molar-refractivity contribution in [1.29, 1.82) is 0 Å². The third-order valence-corrected chi connectivity index (χ3v) is 5.10. The van der Waals surface area contributed by atoms with Gasteiger partial charge in [-0.1, -0.05) is 18.3 Å². The number of hydrogen-bond donors (Lipinski definition) is 2. The first-order chi connectivity index (χ1) is 9.69. The van der Waals surface area contributed by atoms with Crippen molar-refractivity contribution < 1.29 is 4.79 Å². The summed E-state index contributed by atoms with van der Waals surface area (Å²) < 4.78 is 0. The van der Waals surface area contributed by atoms with Crippen molar-refractivity contribution in [3.8, 4) is 0 Å². The average Bonchev–Trinajstić information content (AvgIpc) is 3.20. The van der Waals surface area contributed by atoms with E-state index in [2.05, 4.69) is 17.2 Å². The summed E-state index contributed by atoms with van der Waals surface area (Å²) in [6.45, 7) is 2.99. The van der Waals surface area contributed by atoms with Gasteiger partial charge in [-0.2, -0.15) is 0 Å². The van der Waals surface area contributed by atoms with Gasteiger partial charge in [-0.3, -0.25) is 4.79 Å². The van der Waals surface area contributed by atoms with E-state index in [1.807, 2.05) is 4.90 Å². The average molecular weight is 294 g/mol. The Bertz CT molecular complexity index is 497. The lowest BCUT2D eigenvalue weighted by molar-refractivity contribution is 0.0614. The predicted molar refractivity (Wildman–Crippen MR) is 82.1 cm³/mol. The minimum Gasteiger partial charge on any atom is -0.382 e. The highest BCUT2D eigenvalue weighted by Crippen LogP contribution is 2.32. The van der Waals surface area contributed by atoms with Crippen LogP contribution in [0.25, 0.3) is 0 Å². The molecule has 1 atom stereocenters. The van der Waals surface area contributed by atoms with Crippen LogP contribution >= 0.6 is 11.3 Å². The molecule has 6 heteroatoms. The maximum atomic E-state index is 12.7. The molecule has 2 heterocycles. The van der Waals surface area contributed by atoms with Gasteiger partial charge in [0.2, 0.25) is 0 Å². The van der Waals surface area contributed by atoms with E-state index in [0.29, 0.717) is 22.8 Å². The number of carbonyl (C=O) groups is 1. The number of amides is 1. The highest BCUT2D eigenvalue weighted by atomic mass is 32.1. The molecule has 1 saturated heterocycles. The Hall–Kier alpha value is -1.30. The van der Waals surface area contributed by atoms with Gasteiger partial charge >= 0.3 is 0 Å². The maximum absolute atomic E-state index is 12.7. The van der Waals surface area contributed by atoms with Crippen LogP contribution < -0.4 is 11.1 Å². The Labute approximate surface area is 123 Å². The van der Waals surface area contributed by atoms with Gasteiger partial charge in [-0.25, -0.2) is 4.98 Å². The minimum absolute atomic E-state index is 0.0652. The van der Waals surface area contributed by atoms with E-state index < -0.39 is 0 Å². The summed E-state index contributed by atoms with van der Waals surface area (Å²) in [6, 6.07) is 0.888. The first-order valence-electron chi connectivity index (χ1n) is 7.53. The van der Waals surface area contributed by atoms with Crippen molar-refractivity contribution in [3.63, 3.8) is 0 Å². The summed E-state index contributed by atoms with van der Waals surface area (Å²) in [5.74, 6) is 0.443. The molecule has 1 aromatic heterocycles. The number of piperidine rings is 1. The highest BCUT2D eigenvalue weighted by Gasteiger charge is 2.30. The molecule has 20 heavy (non-hydrogen) atoms. The minimum atomic E-state index is 0.0652. The summed E-state index contributed by atoms with van der Waals surface area (Å²) in [6.07, 6.45) is 6.80. The molecular weight excluding hydrogens is 272 g/mol. The number of nitrogens with two attached hydrogens (primary N) is 1. The summed E-state index contributed by atoms with van der Waals surface area (Å²) in [5, 5.41) is 4.11. The lowest BCUT2D eigenvalue weighted by Crippen LogP contribution is -2.43. The molecular formula is C14H22N4OS. The number of aromatic nitrogens is 1. The van der Waals surface area contributed by atoms with E-state index in [4.69, 9.17) is 5.73 Å². The monoisotopic (exact) mass is 294 g/mol. The number of thiazole rings is 1. The first-order valence-corrected chi connectivity index (χ1v) is 8.34. The van der Waals surface area contributed by atoms with Gasteiger partial charge in [0.25, 0.3) is 5.91 Å². The summed E-state index contributed by atoms with van der Waals surface area (Å²) in [4.78, 5) is 19.6. The van der Waals surface area contributed by atoms with Gasteiger partial charge in [-0.15, -0.1) is 0 Å². The van der Waals surface area contributed by atoms with Crippen LogP contribution in [0.5, 0.6) is 0 Å². The van der Waals surface area contributed by atoms with Crippen LogP contribution in [-0.4, -0.2) is 34.4 Å². The van der Waals surface area contributed by atoms with Crippen LogP contribution in [0, 0.1) is 0 Å². The zero-order valence-corrected chi connectivity index (χ0v) is 12.7. The Balaban J connectivity index is 1.76. The van der Waals surface area contributed by atoms with E-state index in [1.165, 1.54) is 30.6 Å². The van der Waals surface area contributed by atoms with Crippen molar-refractivity contribution in [2.75, 3.05) is 17.6 Å². The van der Waals surface area contributed by atoms with Gasteiger partial charge in [-0.05, 0) is 38.5 Å². The maximum Gasteiger partial charge on any atom is 0.268 e. The van der Waals surface area contributed by atoms with E-state index in [-0.39, 0.29) is 5.91 Å². The number of nitrogens with one attached hydrogen (secondary N) is 1. The third kappa shape index (κ3) is 2.75. The molecule has 110 valence electrons. The molecule has 2 fully saturated rings. The van der Waals surface area contributed by atoms with Crippen LogP contribution in [0.1, 0.15) is 55.1 Å². The summed E-state index contributed by atoms with van der Waals surface area (Å²) in [7, 11) is 0. The summed E-state index contributed by atoms with van der Waals surface area (Å²) in [5.41, 5.74) is 5.94. The molecule has 1 amide bonds. The fourth-order valence-electron chi connectivity index (χ4n) is 2.77. The number of nitrogen functional groups attached to an aromatic ring is 1. The van der Waals surface area contributed by atoms with Crippen LogP contribution in [0.3, 0.4) is 0 Å². The Morgan fingerprint density at radius 2 is 2.25 bits per heavy atom. The molecule has 1 unspecified atom stereocenters. The number of carbonyl (C=O) groups excluding carboxylic acids is 1. The second kappa shape index (κ2) is 5.60. The molecule has 3 rings (SSSR count). The molecule has 1 aliphatic heterocycles. The lowest BCUT2D eigenvalue weighted by atomic mass is 10.00. The Morgan fingerprint density at radius 1 is 1.45 bits per heavy atom. The van der Waals surface area contributed by atoms with Crippen molar-refractivity contribution in [2.45, 2.75) is 57.5 Å². The number of rotatable bonds is 4. The van der Waals surface area contributed by atoms with Crippen molar-refractivity contribution in [1.82, 2.24) is 9.88 Å². The second-order valence-corrected chi connectivity index (χ2v) is 6.71. The quantitative estimate of drug-likeness (QED) is 0.895. The highest BCUT2D eigenvalue weighted by molar-refractivity contribution is 7.18. The Kier molecular flexibility index (Phi) is 3.83. The standard InChI is InChI=1S/C14H22N4OS/c1-2-10-5-3-4-8-18(10)13(19)11-12(15)17-14(20-11)16-9-6-7-9/h9-10H,2-8,15H2,1H3,(H,16,17). The van der Waals surface area contributed by atoms with Gasteiger partial charge in [0, 0.05) is 18.6 Å². The smallest absolute Gasteiger partial charge is 0.268 e. The number of nitrogens with zero attached hydrogens (tertiary/aromatic N) is 2. The molecule has 2 aliphatic rings. The predicted octanol–water partition coefficient (Wildman–Crippen LogP) is 2.70. The largest absolute Gasteiger partial charge is 0.382 e. The van der Waals surface area contributed by atoms with Crippen LogP contribution in [0.4, 0.5) is 10.9 Å². The van der Waals surface area contributed by atoms with E-state index in [9.17, 15) is 4.79 Å². The van der Waals surface area contributed by atoms with Crippen molar-refractivity contribution >= 4 is 28.2 Å². The molecule has 1 aliphatic carbocycles. The number of anilines is 2. The molecule has 1 aromatic rings. The van der Waals surface area contributed by atoms with Crippen LogP contribution in [-0.2, 0) is 0 Å². The van der Waals surface area contributed by atoms with E-state index >= 15 is 0 Å². The SMILES string of the molecule is CCC1CCCCN1C(=O)c1sc(NC2CC2)nc1N. The van der Waals surface area contributed by atoms with Gasteiger partial charge in [0.05, 0.1) is 0 Å².